The number of quaternary nitrogens is 1. The van der Waals surface area contributed by atoms with Gasteiger partial charge in [0, 0.05) is 13.0 Å². The first kappa shape index (κ1) is 48.5. The van der Waals surface area contributed by atoms with Gasteiger partial charge >= 0.3 is 13.8 Å². The molecule has 292 valence electrons. The van der Waals surface area contributed by atoms with Crippen LogP contribution in [0.3, 0.4) is 0 Å². The van der Waals surface area contributed by atoms with E-state index in [-0.39, 0.29) is 25.8 Å². The fourth-order valence-corrected chi connectivity index (χ4v) is 5.81. The number of unbranched alkanes of at least 4 members (excludes halogenated alkanes) is 14. The van der Waals surface area contributed by atoms with Crippen molar-refractivity contribution in [2.45, 2.75) is 155 Å². The predicted octanol–water partition coefficient (Wildman–Crippen LogP) is 11.2. The number of nitrogens with zero attached hydrogens (tertiary/aromatic N) is 1. The van der Waals surface area contributed by atoms with Crippen molar-refractivity contribution < 1.29 is 37.3 Å². The van der Waals surface area contributed by atoms with E-state index in [1.54, 1.807) is 0 Å². The first-order chi connectivity index (χ1) is 24.1. The molecular formula is C41H77NO7P+. The highest BCUT2D eigenvalue weighted by Crippen LogP contribution is 2.43. The molecule has 0 aromatic heterocycles. The van der Waals surface area contributed by atoms with Crippen molar-refractivity contribution in [3.8, 4) is 0 Å². The molecule has 9 heteroatoms. The number of phosphoric acid groups is 1. The predicted molar refractivity (Wildman–Crippen MR) is 210 cm³/mol. The average Bonchev–Trinajstić information content (AvgIpc) is 3.06. The molecule has 0 amide bonds. The van der Waals surface area contributed by atoms with Crippen molar-refractivity contribution in [3.63, 3.8) is 0 Å². The topological polar surface area (TPSA) is 91.3 Å². The van der Waals surface area contributed by atoms with Crippen LogP contribution < -0.4 is 0 Å². The third-order valence-corrected chi connectivity index (χ3v) is 9.14. The molecule has 1 N–H and O–H groups in total. The summed E-state index contributed by atoms with van der Waals surface area (Å²) in [6.45, 7) is 5.44. The van der Waals surface area contributed by atoms with E-state index in [2.05, 4.69) is 62.5 Å². The lowest BCUT2D eigenvalue weighted by Gasteiger charge is -2.24. The molecule has 50 heavy (non-hydrogen) atoms. The summed E-state index contributed by atoms with van der Waals surface area (Å²) in [6.07, 6.45) is 40.1. The van der Waals surface area contributed by atoms with E-state index in [0.29, 0.717) is 24.1 Å². The number of phosphoric ester groups is 1. The number of esters is 1. The average molecular weight is 727 g/mol. The van der Waals surface area contributed by atoms with Gasteiger partial charge < -0.3 is 18.9 Å². The van der Waals surface area contributed by atoms with Crippen molar-refractivity contribution in [3.05, 3.63) is 48.6 Å². The molecular weight excluding hydrogens is 649 g/mol. The van der Waals surface area contributed by atoms with Crippen molar-refractivity contribution in [1.29, 1.82) is 0 Å². The molecule has 0 aromatic carbocycles. The van der Waals surface area contributed by atoms with Crippen LogP contribution in [0.4, 0.5) is 0 Å². The summed E-state index contributed by atoms with van der Waals surface area (Å²) in [5.74, 6) is -0.325. The van der Waals surface area contributed by atoms with E-state index < -0.39 is 13.9 Å². The Bertz CT molecular complexity index is 942. The van der Waals surface area contributed by atoms with Gasteiger partial charge in [0.2, 0.25) is 0 Å². The first-order valence-electron chi connectivity index (χ1n) is 19.9. The van der Waals surface area contributed by atoms with Gasteiger partial charge in [0.25, 0.3) is 0 Å². The second kappa shape index (κ2) is 34.5. The van der Waals surface area contributed by atoms with E-state index in [9.17, 15) is 14.3 Å². The van der Waals surface area contributed by atoms with Gasteiger partial charge in [-0.25, -0.2) is 4.57 Å². The Labute approximate surface area is 308 Å². The van der Waals surface area contributed by atoms with Gasteiger partial charge in [-0.1, -0.05) is 140 Å². The number of likely N-dealkylation sites (N-methyl/N-ethyl adjacent to an activating group) is 1. The van der Waals surface area contributed by atoms with Crippen LogP contribution in [-0.4, -0.2) is 75.6 Å². The number of hydrogen-bond donors (Lipinski definition) is 1. The van der Waals surface area contributed by atoms with Crippen molar-refractivity contribution >= 4 is 13.8 Å². The Morgan fingerprint density at radius 2 is 1.16 bits per heavy atom. The summed E-state index contributed by atoms with van der Waals surface area (Å²) in [5, 5.41) is 0. The smallest absolute Gasteiger partial charge is 0.457 e. The van der Waals surface area contributed by atoms with Crippen molar-refractivity contribution in [2.75, 3.05) is 54.1 Å². The van der Waals surface area contributed by atoms with Gasteiger partial charge in [0.1, 0.15) is 19.3 Å². The molecule has 0 spiro atoms. The highest BCUT2D eigenvalue weighted by atomic mass is 31.2. The maximum Gasteiger partial charge on any atom is 0.472 e. The third-order valence-electron chi connectivity index (χ3n) is 8.15. The molecule has 2 atom stereocenters. The van der Waals surface area contributed by atoms with E-state index >= 15 is 0 Å². The quantitative estimate of drug-likeness (QED) is 0.0226. The maximum absolute atomic E-state index is 12.6. The Morgan fingerprint density at radius 1 is 0.640 bits per heavy atom. The molecule has 0 bridgehead atoms. The van der Waals surface area contributed by atoms with Crippen LogP contribution in [0.25, 0.3) is 0 Å². The molecule has 0 fully saturated rings. The Balaban J connectivity index is 4.19. The molecule has 0 aromatic rings. The lowest BCUT2D eigenvalue weighted by atomic mass is 10.1. The summed E-state index contributed by atoms with van der Waals surface area (Å²) in [7, 11) is 1.65. The number of rotatable bonds is 36. The van der Waals surface area contributed by atoms with Gasteiger partial charge in [-0.15, -0.1) is 0 Å². The van der Waals surface area contributed by atoms with Crippen LogP contribution >= 0.6 is 7.82 Å². The molecule has 0 heterocycles. The molecule has 0 aliphatic carbocycles. The SMILES string of the molecule is CC/C=C\C/C=C\C/C=C\C/C=C\CCCCCCCCCOCC(COP(=O)(O)OCC[N+](C)(C)C)OC(=O)CCCCCCCCCC. The van der Waals surface area contributed by atoms with Gasteiger partial charge in [-0.2, -0.15) is 0 Å². The van der Waals surface area contributed by atoms with E-state index in [4.69, 9.17) is 18.5 Å². The fraction of sp³-hybridized carbons (Fsp3) is 0.780. The Morgan fingerprint density at radius 3 is 1.74 bits per heavy atom. The fourth-order valence-electron chi connectivity index (χ4n) is 5.07. The Hall–Kier alpha value is -1.54. The summed E-state index contributed by atoms with van der Waals surface area (Å²) in [6, 6.07) is 0. The molecule has 0 saturated carbocycles. The van der Waals surface area contributed by atoms with Crippen LogP contribution in [0.5, 0.6) is 0 Å². The molecule has 0 rings (SSSR count). The van der Waals surface area contributed by atoms with Crippen LogP contribution in [-0.2, 0) is 27.9 Å². The third kappa shape index (κ3) is 37.7. The molecule has 2 unspecified atom stereocenters. The maximum atomic E-state index is 12.6. The number of carbonyl (C=O) groups is 1. The molecule has 0 radical (unpaired) electrons. The summed E-state index contributed by atoms with van der Waals surface area (Å²) in [4.78, 5) is 22.7. The van der Waals surface area contributed by atoms with E-state index in [0.717, 1.165) is 64.2 Å². The number of allylic oxidation sites excluding steroid dienone is 8. The molecule has 8 nitrogen and oxygen atoms in total. The molecule has 0 aliphatic rings. The zero-order valence-corrected chi connectivity index (χ0v) is 33.8. The number of ether oxygens (including phenoxy) is 2. The Kier molecular flexibility index (Phi) is 33.5. The van der Waals surface area contributed by atoms with Crippen LogP contribution in [0.1, 0.15) is 149 Å². The summed E-state index contributed by atoms with van der Waals surface area (Å²) >= 11 is 0. The van der Waals surface area contributed by atoms with Gasteiger partial charge in [-0.05, 0) is 51.4 Å². The zero-order valence-electron chi connectivity index (χ0n) is 32.9. The van der Waals surface area contributed by atoms with Crippen molar-refractivity contribution in [1.82, 2.24) is 0 Å². The van der Waals surface area contributed by atoms with Gasteiger partial charge in [0.15, 0.2) is 0 Å². The summed E-state index contributed by atoms with van der Waals surface area (Å²) in [5.41, 5.74) is 0. The minimum absolute atomic E-state index is 0.0853. The highest BCUT2D eigenvalue weighted by Gasteiger charge is 2.26. The van der Waals surface area contributed by atoms with Crippen LogP contribution in [0, 0.1) is 0 Å². The first-order valence-corrected chi connectivity index (χ1v) is 21.4. The van der Waals surface area contributed by atoms with Gasteiger partial charge in [0.05, 0.1) is 34.4 Å². The highest BCUT2D eigenvalue weighted by molar-refractivity contribution is 7.47. The second-order valence-electron chi connectivity index (χ2n) is 14.3. The van der Waals surface area contributed by atoms with Crippen LogP contribution in [0.2, 0.25) is 0 Å². The number of hydrogen-bond acceptors (Lipinski definition) is 6. The molecule has 0 aliphatic heterocycles. The van der Waals surface area contributed by atoms with E-state index in [1.807, 2.05) is 21.1 Å². The minimum Gasteiger partial charge on any atom is -0.457 e. The largest absolute Gasteiger partial charge is 0.472 e. The molecule has 0 saturated heterocycles. The normalized spacial score (nSPS) is 14.4. The second-order valence-corrected chi connectivity index (χ2v) is 15.7. The van der Waals surface area contributed by atoms with Crippen molar-refractivity contribution in [2.24, 2.45) is 0 Å². The van der Waals surface area contributed by atoms with Gasteiger partial charge in [-0.3, -0.25) is 13.8 Å². The minimum atomic E-state index is -4.27. The van der Waals surface area contributed by atoms with Crippen LogP contribution in [0.15, 0.2) is 48.6 Å². The number of carbonyl (C=O) groups excluding carboxylic acids is 1. The zero-order chi connectivity index (χ0) is 37.0. The monoisotopic (exact) mass is 727 g/mol. The van der Waals surface area contributed by atoms with E-state index in [1.165, 1.54) is 64.2 Å². The lowest BCUT2D eigenvalue weighted by molar-refractivity contribution is -0.870. The standard InChI is InChI=1S/C41H76NO7P/c1-6-8-10-12-14-16-17-18-19-20-21-22-23-24-25-26-27-29-31-33-36-46-38-40(39-48-50(44,45)47-37-35-42(3,4)5)49-41(43)34-32-30-28-15-13-11-9-7-2/h8,10,14,16,18-19,21-22,40H,6-7,9,11-13,15,17,20,23-39H2,1-5H3/p+1/b10-8-,16-14-,19-18-,22-21-. The summed E-state index contributed by atoms with van der Waals surface area (Å²) < 4.78 is 34.8. The lowest BCUT2D eigenvalue weighted by Crippen LogP contribution is -2.37.